The van der Waals surface area contributed by atoms with Gasteiger partial charge in [0.2, 0.25) is 17.7 Å². The first-order valence-corrected chi connectivity index (χ1v) is 13.8. The van der Waals surface area contributed by atoms with Gasteiger partial charge in [0, 0.05) is 18.5 Å². The number of ether oxygens (including phenoxy) is 3. The van der Waals surface area contributed by atoms with Crippen LogP contribution in [0.15, 0.2) is 66.7 Å². The summed E-state index contributed by atoms with van der Waals surface area (Å²) in [5, 5.41) is 5.37. The third-order valence-electron chi connectivity index (χ3n) is 6.60. The summed E-state index contributed by atoms with van der Waals surface area (Å²) in [7, 11) is 3.17. The Hall–Kier alpha value is -4.18. The van der Waals surface area contributed by atoms with E-state index in [4.69, 9.17) is 19.9 Å². The molecule has 1 aliphatic heterocycles. The zero-order chi connectivity index (χ0) is 28.7. The van der Waals surface area contributed by atoms with Crippen LogP contribution in [0.3, 0.4) is 0 Å². The van der Waals surface area contributed by atoms with E-state index >= 15 is 0 Å². The third-order valence-corrected chi connectivity index (χ3v) is 8.19. The smallest absolute Gasteiger partial charge is 0.248 e. The Bertz CT molecular complexity index is 1380. The predicted molar refractivity (Wildman–Crippen MR) is 154 cm³/mol. The number of hydrogen-bond donors (Lipinski definition) is 3. The third kappa shape index (κ3) is 6.34. The van der Waals surface area contributed by atoms with Crippen molar-refractivity contribution < 1.29 is 28.6 Å². The molecule has 40 heavy (non-hydrogen) atoms. The normalized spacial score (nSPS) is 18.1. The molecular weight excluding hydrogens is 530 g/mol. The van der Waals surface area contributed by atoms with Gasteiger partial charge in [-0.2, -0.15) is 0 Å². The summed E-state index contributed by atoms with van der Waals surface area (Å²) < 4.78 is 16.3. The van der Waals surface area contributed by atoms with Gasteiger partial charge in [-0.1, -0.05) is 30.3 Å². The van der Waals surface area contributed by atoms with Gasteiger partial charge in [-0.3, -0.25) is 14.4 Å². The summed E-state index contributed by atoms with van der Waals surface area (Å²) in [4.78, 5) is 37.0. The molecule has 1 saturated heterocycles. The molecule has 0 radical (unpaired) electrons. The first-order chi connectivity index (χ1) is 19.3. The number of hydrogen-bond acceptors (Lipinski definition) is 7. The topological polar surface area (TPSA) is 129 Å². The van der Waals surface area contributed by atoms with Crippen LogP contribution in [0.2, 0.25) is 0 Å². The largest absolute Gasteiger partial charge is 0.497 e. The Morgan fingerprint density at radius 2 is 1.77 bits per heavy atom. The molecule has 3 amide bonds. The van der Waals surface area contributed by atoms with Crippen molar-refractivity contribution in [3.63, 3.8) is 0 Å². The summed E-state index contributed by atoms with van der Waals surface area (Å²) in [5.41, 5.74) is 8.31. The highest BCUT2D eigenvalue weighted by molar-refractivity contribution is 8.02. The number of primary amides is 1. The summed E-state index contributed by atoms with van der Waals surface area (Å²) in [6.45, 7) is 2.82. The molecular formula is C30H33N3O6S. The molecule has 2 atom stereocenters. The lowest BCUT2D eigenvalue weighted by atomic mass is 9.95. The lowest BCUT2D eigenvalue weighted by Crippen LogP contribution is -2.39. The Balaban J connectivity index is 1.48. The van der Waals surface area contributed by atoms with Crippen LogP contribution in [0, 0.1) is 0 Å². The number of rotatable bonds is 12. The number of methoxy groups -OCH3 is 2. The second kappa shape index (κ2) is 12.8. The van der Waals surface area contributed by atoms with E-state index in [-0.39, 0.29) is 18.2 Å². The van der Waals surface area contributed by atoms with E-state index in [1.54, 1.807) is 44.6 Å². The molecule has 210 valence electrons. The molecule has 3 aromatic rings. The summed E-state index contributed by atoms with van der Waals surface area (Å²) in [5.74, 6) is 0.908. The first-order valence-electron chi connectivity index (χ1n) is 12.9. The minimum atomic E-state index is -1.02. The van der Waals surface area contributed by atoms with Crippen molar-refractivity contribution in [3.05, 3.63) is 89.0 Å². The lowest BCUT2D eigenvalue weighted by molar-refractivity contribution is -0.125. The van der Waals surface area contributed by atoms with Crippen LogP contribution in [0.5, 0.6) is 17.2 Å². The van der Waals surface area contributed by atoms with Crippen LogP contribution in [0.25, 0.3) is 0 Å². The number of carbonyl (C=O) groups is 3. The SMILES string of the molecule is CCOc1cc(CCNC(=O)C[C@@H]2S[C@@](c3ccc(OC)cc3)(c3cccc(C(N)=O)c3)NC2=O)ccc1OC. The van der Waals surface area contributed by atoms with Gasteiger partial charge in [0.05, 0.1) is 26.1 Å². The Labute approximate surface area is 237 Å². The molecule has 4 N–H and O–H groups in total. The number of thioether (sulfide) groups is 1. The van der Waals surface area contributed by atoms with Gasteiger partial charge in [-0.05, 0) is 66.4 Å². The monoisotopic (exact) mass is 563 g/mol. The van der Waals surface area contributed by atoms with E-state index < -0.39 is 16.0 Å². The fourth-order valence-corrected chi connectivity index (χ4v) is 6.10. The van der Waals surface area contributed by atoms with Gasteiger partial charge in [0.1, 0.15) is 10.6 Å². The highest BCUT2D eigenvalue weighted by atomic mass is 32.2. The highest BCUT2D eigenvalue weighted by Gasteiger charge is 2.48. The fourth-order valence-electron chi connectivity index (χ4n) is 4.58. The number of nitrogens with one attached hydrogen (secondary N) is 2. The fraction of sp³-hybridized carbons (Fsp3) is 0.300. The average molecular weight is 564 g/mol. The Morgan fingerprint density at radius 3 is 2.45 bits per heavy atom. The van der Waals surface area contributed by atoms with Crippen molar-refractivity contribution in [3.8, 4) is 17.2 Å². The van der Waals surface area contributed by atoms with Gasteiger partial charge < -0.3 is 30.6 Å². The van der Waals surface area contributed by atoms with Gasteiger partial charge in [0.15, 0.2) is 11.5 Å². The summed E-state index contributed by atoms with van der Waals surface area (Å²) >= 11 is 1.33. The second-order valence-electron chi connectivity index (χ2n) is 9.17. The minimum Gasteiger partial charge on any atom is -0.497 e. The maximum Gasteiger partial charge on any atom is 0.248 e. The van der Waals surface area contributed by atoms with E-state index in [1.807, 2.05) is 43.3 Å². The number of nitrogens with two attached hydrogens (primary N) is 1. The predicted octanol–water partition coefficient (Wildman–Crippen LogP) is 3.38. The quantitative estimate of drug-likeness (QED) is 0.308. The molecule has 0 bridgehead atoms. The molecule has 1 fully saturated rings. The molecule has 0 aromatic heterocycles. The molecule has 1 heterocycles. The van der Waals surface area contributed by atoms with E-state index in [9.17, 15) is 14.4 Å². The number of benzene rings is 3. The van der Waals surface area contributed by atoms with Gasteiger partial charge in [-0.15, -0.1) is 11.8 Å². The standard InChI is InChI=1S/C30H33N3O6S/c1-4-39-25-16-19(8-13-24(25)38-3)14-15-32-27(34)18-26-29(36)33-30(40-26,21-9-11-23(37-2)12-10-21)22-7-5-6-20(17-22)28(31)35/h5-13,16-17,26H,4,14-15,18H2,1-3H3,(H2,31,35)(H,32,34)(H,33,36)/t26-,30-/m0/s1. The molecule has 0 saturated carbocycles. The highest BCUT2D eigenvalue weighted by Crippen LogP contribution is 2.48. The Morgan fingerprint density at radius 1 is 1.00 bits per heavy atom. The first kappa shape index (κ1) is 28.8. The van der Waals surface area contributed by atoms with E-state index in [2.05, 4.69) is 10.6 Å². The van der Waals surface area contributed by atoms with Crippen molar-refractivity contribution in [2.45, 2.75) is 29.9 Å². The van der Waals surface area contributed by atoms with Crippen LogP contribution in [0.1, 0.15) is 40.4 Å². The van der Waals surface area contributed by atoms with Crippen molar-refractivity contribution >= 4 is 29.5 Å². The molecule has 0 aliphatic carbocycles. The van der Waals surface area contributed by atoms with Crippen LogP contribution < -0.4 is 30.6 Å². The average Bonchev–Trinajstić information content (AvgIpc) is 3.30. The van der Waals surface area contributed by atoms with Gasteiger partial charge in [0.25, 0.3) is 0 Å². The van der Waals surface area contributed by atoms with Crippen LogP contribution >= 0.6 is 11.8 Å². The van der Waals surface area contributed by atoms with Crippen molar-refractivity contribution in [1.29, 1.82) is 0 Å². The molecule has 10 heteroatoms. The van der Waals surface area contributed by atoms with Crippen molar-refractivity contribution in [2.75, 3.05) is 27.4 Å². The molecule has 9 nitrogen and oxygen atoms in total. The van der Waals surface area contributed by atoms with E-state index in [0.29, 0.717) is 47.9 Å². The molecule has 0 unspecified atom stereocenters. The van der Waals surface area contributed by atoms with E-state index in [0.717, 1.165) is 11.1 Å². The van der Waals surface area contributed by atoms with Crippen molar-refractivity contribution in [2.24, 2.45) is 5.73 Å². The zero-order valence-corrected chi connectivity index (χ0v) is 23.5. The molecule has 3 aromatic carbocycles. The second-order valence-corrected chi connectivity index (χ2v) is 10.6. The maximum absolute atomic E-state index is 13.2. The summed E-state index contributed by atoms with van der Waals surface area (Å²) in [6, 6.07) is 19.8. The van der Waals surface area contributed by atoms with Crippen LogP contribution in [0.4, 0.5) is 0 Å². The minimum absolute atomic E-state index is 0.00325. The van der Waals surface area contributed by atoms with E-state index in [1.165, 1.54) is 11.8 Å². The maximum atomic E-state index is 13.2. The Kier molecular flexibility index (Phi) is 9.21. The van der Waals surface area contributed by atoms with Crippen LogP contribution in [-0.2, 0) is 20.9 Å². The molecule has 4 rings (SSSR count). The summed E-state index contributed by atoms with van der Waals surface area (Å²) in [6.07, 6.45) is 0.590. The number of amides is 3. The number of carbonyl (C=O) groups excluding carboxylic acids is 3. The molecule has 1 aliphatic rings. The molecule has 0 spiro atoms. The zero-order valence-electron chi connectivity index (χ0n) is 22.7. The van der Waals surface area contributed by atoms with Crippen molar-refractivity contribution in [1.82, 2.24) is 10.6 Å². The van der Waals surface area contributed by atoms with Gasteiger partial charge >= 0.3 is 0 Å². The van der Waals surface area contributed by atoms with Crippen LogP contribution in [-0.4, -0.2) is 50.3 Å². The lowest BCUT2D eigenvalue weighted by Gasteiger charge is -2.30. The van der Waals surface area contributed by atoms with Gasteiger partial charge in [-0.25, -0.2) is 0 Å².